The summed E-state index contributed by atoms with van der Waals surface area (Å²) < 4.78 is 0. The highest BCUT2D eigenvalue weighted by molar-refractivity contribution is 7.80. The molecular formula is C5H12N2OS. The second-order valence-electron chi connectivity index (χ2n) is 1.80. The zero-order valence-corrected chi connectivity index (χ0v) is 6.32. The summed E-state index contributed by atoms with van der Waals surface area (Å²) in [5, 5.41) is 2.59. The number of carbonyl (C=O) groups is 1. The third kappa shape index (κ3) is 4.29. The summed E-state index contributed by atoms with van der Waals surface area (Å²) >= 11 is 3.91. The summed E-state index contributed by atoms with van der Waals surface area (Å²) in [7, 11) is 0. The fraction of sp³-hybridized carbons (Fsp3) is 0.800. The average Bonchev–Trinajstić information content (AvgIpc) is 1.82. The normalized spacial score (nSPS) is 12.8. The molecular weight excluding hydrogens is 136 g/mol. The van der Waals surface area contributed by atoms with Crippen LogP contribution in [0.1, 0.15) is 6.92 Å². The first kappa shape index (κ1) is 8.78. The molecule has 1 amide bonds. The third-order valence-electron chi connectivity index (χ3n) is 0.825. The molecule has 3 nitrogen and oxygen atoms in total. The van der Waals surface area contributed by atoms with E-state index in [2.05, 4.69) is 17.9 Å². The van der Waals surface area contributed by atoms with Gasteiger partial charge in [-0.3, -0.25) is 4.79 Å². The summed E-state index contributed by atoms with van der Waals surface area (Å²) in [6.07, 6.45) is 0. The topological polar surface area (TPSA) is 55.1 Å². The van der Waals surface area contributed by atoms with E-state index < -0.39 is 6.04 Å². The first-order valence-corrected chi connectivity index (χ1v) is 3.46. The summed E-state index contributed by atoms with van der Waals surface area (Å²) in [4.78, 5) is 10.6. The van der Waals surface area contributed by atoms with Crippen LogP contribution in [0.4, 0.5) is 0 Å². The number of thiol groups is 1. The van der Waals surface area contributed by atoms with Gasteiger partial charge in [-0.1, -0.05) is 0 Å². The number of hydrogen-bond acceptors (Lipinski definition) is 3. The van der Waals surface area contributed by atoms with Gasteiger partial charge in [-0.25, -0.2) is 0 Å². The highest BCUT2D eigenvalue weighted by atomic mass is 32.1. The SMILES string of the molecule is C[C@H](N)C(=O)NCCS. The molecule has 0 aliphatic carbocycles. The molecule has 9 heavy (non-hydrogen) atoms. The maximum Gasteiger partial charge on any atom is 0.236 e. The molecule has 0 rings (SSSR count). The molecule has 0 spiro atoms. The maximum atomic E-state index is 10.6. The maximum absolute atomic E-state index is 10.6. The van der Waals surface area contributed by atoms with Gasteiger partial charge in [0.15, 0.2) is 0 Å². The summed E-state index contributed by atoms with van der Waals surface area (Å²) in [5.74, 6) is 0.530. The average molecular weight is 148 g/mol. The van der Waals surface area contributed by atoms with E-state index in [1.54, 1.807) is 6.92 Å². The van der Waals surface area contributed by atoms with Gasteiger partial charge in [0.05, 0.1) is 6.04 Å². The zero-order chi connectivity index (χ0) is 7.28. The summed E-state index contributed by atoms with van der Waals surface area (Å²) in [6, 6.07) is -0.412. The molecule has 0 bridgehead atoms. The van der Waals surface area contributed by atoms with Gasteiger partial charge >= 0.3 is 0 Å². The van der Waals surface area contributed by atoms with Crippen LogP contribution in [0, 0.1) is 0 Å². The van der Waals surface area contributed by atoms with Crippen LogP contribution in [-0.2, 0) is 4.79 Å². The van der Waals surface area contributed by atoms with E-state index in [0.717, 1.165) is 0 Å². The van der Waals surface area contributed by atoms with Gasteiger partial charge in [0.1, 0.15) is 0 Å². The van der Waals surface area contributed by atoms with E-state index in [1.165, 1.54) is 0 Å². The van der Waals surface area contributed by atoms with Crippen LogP contribution in [0.2, 0.25) is 0 Å². The van der Waals surface area contributed by atoms with Gasteiger partial charge in [0.2, 0.25) is 5.91 Å². The smallest absolute Gasteiger partial charge is 0.236 e. The lowest BCUT2D eigenvalue weighted by Gasteiger charge is -2.04. The molecule has 0 unspecified atom stereocenters. The van der Waals surface area contributed by atoms with Crippen LogP contribution < -0.4 is 11.1 Å². The second kappa shape index (κ2) is 4.64. The molecule has 0 aliphatic rings. The fourth-order valence-corrected chi connectivity index (χ4v) is 0.452. The molecule has 0 aromatic carbocycles. The molecule has 0 aliphatic heterocycles. The van der Waals surface area contributed by atoms with Crippen LogP contribution in [0.3, 0.4) is 0 Å². The minimum Gasteiger partial charge on any atom is -0.354 e. The quantitative estimate of drug-likeness (QED) is 0.467. The molecule has 0 aromatic heterocycles. The number of nitrogens with two attached hydrogens (primary N) is 1. The van der Waals surface area contributed by atoms with Gasteiger partial charge in [-0.05, 0) is 6.92 Å². The highest BCUT2D eigenvalue weighted by Crippen LogP contribution is 1.74. The standard InChI is InChI=1S/C5H12N2OS/c1-4(6)5(8)7-2-3-9/h4,9H,2-3,6H2,1H3,(H,7,8)/t4-/m0/s1. The molecule has 0 radical (unpaired) electrons. The van der Waals surface area contributed by atoms with Gasteiger partial charge in [-0.15, -0.1) is 0 Å². The van der Waals surface area contributed by atoms with Crippen molar-refractivity contribution >= 4 is 18.5 Å². The number of nitrogens with one attached hydrogen (secondary N) is 1. The van der Waals surface area contributed by atoms with Crippen molar-refractivity contribution in [2.75, 3.05) is 12.3 Å². The van der Waals surface area contributed by atoms with E-state index in [-0.39, 0.29) is 5.91 Å². The molecule has 0 fully saturated rings. The largest absolute Gasteiger partial charge is 0.354 e. The Hall–Kier alpha value is -0.220. The lowest BCUT2D eigenvalue weighted by atomic mass is 10.3. The summed E-state index contributed by atoms with van der Waals surface area (Å²) in [5.41, 5.74) is 5.24. The third-order valence-corrected chi connectivity index (χ3v) is 1.05. The molecule has 0 saturated heterocycles. The van der Waals surface area contributed by atoms with E-state index in [9.17, 15) is 4.79 Å². The van der Waals surface area contributed by atoms with Crippen molar-refractivity contribution in [3.8, 4) is 0 Å². The van der Waals surface area contributed by atoms with E-state index in [4.69, 9.17) is 5.73 Å². The van der Waals surface area contributed by atoms with Crippen molar-refractivity contribution in [2.24, 2.45) is 5.73 Å². The van der Waals surface area contributed by atoms with Crippen molar-refractivity contribution in [3.05, 3.63) is 0 Å². The summed E-state index contributed by atoms with van der Waals surface area (Å²) in [6.45, 7) is 2.23. The first-order valence-electron chi connectivity index (χ1n) is 2.82. The Labute approximate surface area is 60.4 Å². The van der Waals surface area contributed by atoms with Crippen LogP contribution in [0.15, 0.2) is 0 Å². The van der Waals surface area contributed by atoms with Crippen LogP contribution in [-0.4, -0.2) is 24.2 Å². The molecule has 1 atom stereocenters. The predicted octanol–water partition coefficient (Wildman–Crippen LogP) is -0.620. The van der Waals surface area contributed by atoms with Crippen molar-refractivity contribution in [2.45, 2.75) is 13.0 Å². The van der Waals surface area contributed by atoms with Crippen LogP contribution in [0.5, 0.6) is 0 Å². The van der Waals surface area contributed by atoms with E-state index in [1.807, 2.05) is 0 Å². The van der Waals surface area contributed by atoms with Gasteiger partial charge in [-0.2, -0.15) is 12.6 Å². The van der Waals surface area contributed by atoms with E-state index in [0.29, 0.717) is 12.3 Å². The Bertz CT molecular complexity index is 95.0. The van der Waals surface area contributed by atoms with Gasteiger partial charge in [0, 0.05) is 12.3 Å². The number of rotatable bonds is 3. The number of hydrogen-bond donors (Lipinski definition) is 3. The Morgan fingerprint density at radius 1 is 1.89 bits per heavy atom. The predicted molar refractivity (Wildman–Crippen MR) is 40.5 cm³/mol. The minimum atomic E-state index is -0.412. The lowest BCUT2D eigenvalue weighted by Crippen LogP contribution is -2.39. The zero-order valence-electron chi connectivity index (χ0n) is 5.42. The number of carbonyl (C=O) groups excluding carboxylic acids is 1. The Balaban J connectivity index is 3.28. The molecule has 0 heterocycles. The first-order chi connectivity index (χ1) is 4.18. The molecule has 54 valence electrons. The lowest BCUT2D eigenvalue weighted by molar-refractivity contribution is -0.121. The van der Waals surface area contributed by atoms with Gasteiger partial charge < -0.3 is 11.1 Å². The Morgan fingerprint density at radius 3 is 2.78 bits per heavy atom. The van der Waals surface area contributed by atoms with Crippen molar-refractivity contribution in [3.63, 3.8) is 0 Å². The Kier molecular flexibility index (Phi) is 4.53. The second-order valence-corrected chi connectivity index (χ2v) is 2.25. The van der Waals surface area contributed by atoms with Crippen molar-refractivity contribution in [1.82, 2.24) is 5.32 Å². The highest BCUT2D eigenvalue weighted by Gasteiger charge is 2.03. The van der Waals surface area contributed by atoms with Crippen molar-refractivity contribution < 1.29 is 4.79 Å². The van der Waals surface area contributed by atoms with Crippen molar-refractivity contribution in [1.29, 1.82) is 0 Å². The minimum absolute atomic E-state index is 0.121. The molecule has 3 N–H and O–H groups in total. The van der Waals surface area contributed by atoms with Crippen LogP contribution >= 0.6 is 12.6 Å². The Morgan fingerprint density at radius 2 is 2.44 bits per heavy atom. The molecule has 0 saturated carbocycles. The molecule has 4 heteroatoms. The number of amides is 1. The molecule has 0 aromatic rings. The van der Waals surface area contributed by atoms with E-state index >= 15 is 0 Å². The van der Waals surface area contributed by atoms with Crippen LogP contribution in [0.25, 0.3) is 0 Å². The monoisotopic (exact) mass is 148 g/mol. The fourth-order valence-electron chi connectivity index (χ4n) is 0.340. The van der Waals surface area contributed by atoms with Gasteiger partial charge in [0.25, 0.3) is 0 Å².